The first-order chi connectivity index (χ1) is 17.7. The minimum Gasteiger partial charge on any atom is -0.457 e. The monoisotopic (exact) mass is 517 g/mol. The second-order valence-electron chi connectivity index (χ2n) is 8.40. The number of nitrogens with zero attached hydrogens (tertiary/aromatic N) is 3. The van der Waals surface area contributed by atoms with E-state index in [1.165, 1.54) is 29.2 Å². The number of thiazole rings is 1. The topological polar surface area (TPSA) is 133 Å². The van der Waals surface area contributed by atoms with E-state index in [0.717, 1.165) is 16.9 Å². The highest BCUT2D eigenvalue weighted by Crippen LogP contribution is 2.43. The van der Waals surface area contributed by atoms with E-state index in [1.54, 1.807) is 31.2 Å². The minimum absolute atomic E-state index is 0.000326. The molecule has 0 aliphatic carbocycles. The van der Waals surface area contributed by atoms with Gasteiger partial charge in [-0.2, -0.15) is 0 Å². The summed E-state index contributed by atoms with van der Waals surface area (Å²) in [6, 6.07) is 9.67. The predicted octanol–water partition coefficient (Wildman–Crippen LogP) is 4.87. The summed E-state index contributed by atoms with van der Waals surface area (Å²) in [5.41, 5.74) is 1.14. The van der Waals surface area contributed by atoms with Crippen molar-refractivity contribution >= 4 is 45.0 Å². The van der Waals surface area contributed by atoms with Gasteiger partial charge in [0.15, 0.2) is 10.6 Å². The van der Waals surface area contributed by atoms with Gasteiger partial charge in [-0.3, -0.25) is 24.6 Å². The third-order valence-electron chi connectivity index (χ3n) is 5.93. The number of carbonyl (C=O) groups is 2. The van der Waals surface area contributed by atoms with Crippen LogP contribution in [0.5, 0.6) is 0 Å². The molecule has 5 rings (SSSR count). The van der Waals surface area contributed by atoms with Gasteiger partial charge in [0, 0.05) is 12.1 Å². The zero-order chi connectivity index (χ0) is 26.4. The molecule has 3 heterocycles. The standard InChI is InChI=1S/C26H19N3O7S/c1-4-10-35-25(32)23-14(3)27-26(37-23)28-20(15-6-5-7-16(12-15)29(33)34)19-21(30)17-11-13(2)8-9-18(17)36-22(19)24(28)31/h4-9,11-12,20H,1,10H2,2-3H3. The lowest BCUT2D eigenvalue weighted by Gasteiger charge is -2.22. The minimum atomic E-state index is -1.06. The number of rotatable bonds is 6. The van der Waals surface area contributed by atoms with E-state index in [0.29, 0.717) is 11.3 Å². The molecule has 0 radical (unpaired) electrons. The van der Waals surface area contributed by atoms with Crippen molar-refractivity contribution in [2.45, 2.75) is 19.9 Å². The number of non-ortho nitro benzene ring substituents is 1. The van der Waals surface area contributed by atoms with E-state index in [2.05, 4.69) is 11.6 Å². The van der Waals surface area contributed by atoms with Crippen LogP contribution in [0.2, 0.25) is 0 Å². The number of esters is 1. The Hall–Kier alpha value is -4.64. The number of carbonyl (C=O) groups excluding carboxylic acids is 2. The number of amides is 1. The quantitative estimate of drug-likeness (QED) is 0.153. The molecule has 0 saturated heterocycles. The molecule has 2 aromatic carbocycles. The third-order valence-corrected chi connectivity index (χ3v) is 7.07. The summed E-state index contributed by atoms with van der Waals surface area (Å²) in [5.74, 6) is -1.46. The number of benzene rings is 2. The molecule has 4 aromatic rings. The Balaban J connectivity index is 1.74. The molecular formula is C26H19N3O7S. The van der Waals surface area contributed by atoms with Crippen LogP contribution in [0.15, 0.2) is 64.3 Å². The molecule has 0 bridgehead atoms. The summed E-state index contributed by atoms with van der Waals surface area (Å²) in [7, 11) is 0. The third kappa shape index (κ3) is 3.99. The normalized spacial score (nSPS) is 14.6. The van der Waals surface area contributed by atoms with Gasteiger partial charge in [-0.1, -0.05) is 47.8 Å². The predicted molar refractivity (Wildman–Crippen MR) is 136 cm³/mol. The smallest absolute Gasteiger partial charge is 0.350 e. The molecule has 0 saturated carbocycles. The number of fused-ring (bicyclic) bond motifs is 2. The molecule has 0 fully saturated rings. The highest BCUT2D eigenvalue weighted by Gasteiger charge is 2.45. The second kappa shape index (κ2) is 9.10. The van der Waals surface area contributed by atoms with Crippen LogP contribution < -0.4 is 10.3 Å². The number of nitro groups is 1. The Labute approximate surface area is 213 Å². The molecule has 2 aromatic heterocycles. The van der Waals surface area contributed by atoms with E-state index < -0.39 is 28.3 Å². The SMILES string of the molecule is C=CCOC(=O)c1sc(N2C(=O)c3oc4ccc(C)cc4c(=O)c3C2c2cccc([N+](=O)[O-])c2)nc1C. The number of ether oxygens (including phenoxy) is 1. The summed E-state index contributed by atoms with van der Waals surface area (Å²) < 4.78 is 11.0. The number of nitro benzene ring substituents is 1. The molecule has 0 spiro atoms. The summed E-state index contributed by atoms with van der Waals surface area (Å²) >= 11 is 0.919. The lowest BCUT2D eigenvalue weighted by molar-refractivity contribution is -0.384. The van der Waals surface area contributed by atoms with Gasteiger partial charge in [0.1, 0.15) is 17.1 Å². The summed E-state index contributed by atoms with van der Waals surface area (Å²) in [6.45, 7) is 6.94. The Morgan fingerprint density at radius 3 is 2.78 bits per heavy atom. The average Bonchev–Trinajstić information content (AvgIpc) is 3.40. The lowest BCUT2D eigenvalue weighted by Crippen LogP contribution is -2.29. The number of anilines is 1. The van der Waals surface area contributed by atoms with E-state index in [1.807, 2.05) is 6.92 Å². The average molecular weight is 518 g/mol. The van der Waals surface area contributed by atoms with Gasteiger partial charge in [0.2, 0.25) is 5.76 Å². The number of hydrogen-bond donors (Lipinski definition) is 0. The molecular weight excluding hydrogens is 498 g/mol. The van der Waals surface area contributed by atoms with Crippen LogP contribution in [0, 0.1) is 24.0 Å². The van der Waals surface area contributed by atoms with Crippen LogP contribution in [-0.4, -0.2) is 28.4 Å². The van der Waals surface area contributed by atoms with Crippen LogP contribution >= 0.6 is 11.3 Å². The van der Waals surface area contributed by atoms with Gasteiger partial charge < -0.3 is 9.15 Å². The Bertz CT molecular complexity index is 1690. The van der Waals surface area contributed by atoms with Crippen molar-refractivity contribution in [1.82, 2.24) is 4.98 Å². The van der Waals surface area contributed by atoms with Crippen molar-refractivity contribution in [2.24, 2.45) is 0 Å². The molecule has 37 heavy (non-hydrogen) atoms. The largest absolute Gasteiger partial charge is 0.457 e. The Morgan fingerprint density at radius 2 is 2.05 bits per heavy atom. The maximum Gasteiger partial charge on any atom is 0.350 e. The lowest BCUT2D eigenvalue weighted by atomic mass is 9.98. The fraction of sp³-hybridized carbons (Fsp3) is 0.154. The van der Waals surface area contributed by atoms with E-state index in [-0.39, 0.29) is 44.6 Å². The molecule has 10 nitrogen and oxygen atoms in total. The Morgan fingerprint density at radius 1 is 1.27 bits per heavy atom. The van der Waals surface area contributed by atoms with Gasteiger partial charge in [-0.25, -0.2) is 9.78 Å². The first-order valence-corrected chi connectivity index (χ1v) is 11.9. The molecule has 1 aliphatic heterocycles. The van der Waals surface area contributed by atoms with Crippen molar-refractivity contribution in [3.05, 3.63) is 108 Å². The van der Waals surface area contributed by atoms with E-state index >= 15 is 0 Å². The summed E-state index contributed by atoms with van der Waals surface area (Å²) in [5, 5.41) is 11.9. The molecule has 1 aliphatic rings. The summed E-state index contributed by atoms with van der Waals surface area (Å²) in [6.07, 6.45) is 1.43. The fourth-order valence-corrected chi connectivity index (χ4v) is 5.27. The van der Waals surface area contributed by atoms with Gasteiger partial charge in [0.05, 0.1) is 27.6 Å². The number of aryl methyl sites for hydroxylation is 2. The molecule has 186 valence electrons. The summed E-state index contributed by atoms with van der Waals surface area (Å²) in [4.78, 5) is 56.7. The first kappa shape index (κ1) is 24.1. The number of aromatic nitrogens is 1. The van der Waals surface area contributed by atoms with Crippen LogP contribution in [0.3, 0.4) is 0 Å². The van der Waals surface area contributed by atoms with Crippen molar-refractivity contribution < 1.29 is 23.7 Å². The van der Waals surface area contributed by atoms with E-state index in [4.69, 9.17) is 9.15 Å². The van der Waals surface area contributed by atoms with Crippen LogP contribution in [0.1, 0.15) is 48.7 Å². The molecule has 11 heteroatoms. The van der Waals surface area contributed by atoms with Gasteiger partial charge in [-0.05, 0) is 31.5 Å². The van der Waals surface area contributed by atoms with E-state index in [9.17, 15) is 24.5 Å². The number of hydrogen-bond acceptors (Lipinski definition) is 9. The van der Waals surface area contributed by atoms with Crippen molar-refractivity contribution in [3.8, 4) is 0 Å². The van der Waals surface area contributed by atoms with Crippen LogP contribution in [0.25, 0.3) is 11.0 Å². The highest BCUT2D eigenvalue weighted by atomic mass is 32.1. The van der Waals surface area contributed by atoms with Gasteiger partial charge >= 0.3 is 5.97 Å². The van der Waals surface area contributed by atoms with Crippen molar-refractivity contribution in [2.75, 3.05) is 11.5 Å². The second-order valence-corrected chi connectivity index (χ2v) is 9.38. The highest BCUT2D eigenvalue weighted by molar-refractivity contribution is 7.17. The first-order valence-electron chi connectivity index (χ1n) is 11.1. The molecule has 1 atom stereocenters. The van der Waals surface area contributed by atoms with Gasteiger partial charge in [0.25, 0.3) is 11.6 Å². The maximum atomic E-state index is 13.7. The van der Waals surface area contributed by atoms with Gasteiger partial charge in [-0.15, -0.1) is 0 Å². The molecule has 0 N–H and O–H groups in total. The zero-order valence-electron chi connectivity index (χ0n) is 19.7. The molecule has 1 unspecified atom stereocenters. The maximum absolute atomic E-state index is 13.7. The molecule has 1 amide bonds. The fourth-order valence-electron chi connectivity index (χ4n) is 4.28. The van der Waals surface area contributed by atoms with Crippen LogP contribution in [0.4, 0.5) is 10.8 Å². The Kier molecular flexibility index (Phi) is 5.92. The zero-order valence-corrected chi connectivity index (χ0v) is 20.5. The van der Waals surface area contributed by atoms with Crippen LogP contribution in [-0.2, 0) is 4.74 Å². The van der Waals surface area contributed by atoms with Crippen molar-refractivity contribution in [3.63, 3.8) is 0 Å². The van der Waals surface area contributed by atoms with Crippen molar-refractivity contribution in [1.29, 1.82) is 0 Å².